The van der Waals surface area contributed by atoms with Crippen molar-refractivity contribution in [3.05, 3.63) is 64.7 Å². The molecule has 1 aromatic heterocycles. The highest BCUT2D eigenvalue weighted by Gasteiger charge is 2.09. The van der Waals surface area contributed by atoms with Gasteiger partial charge in [0.1, 0.15) is 5.82 Å². The van der Waals surface area contributed by atoms with Crippen molar-refractivity contribution in [2.75, 3.05) is 5.32 Å². The van der Waals surface area contributed by atoms with Crippen LogP contribution in [0.25, 0.3) is 10.1 Å². The first kappa shape index (κ1) is 15.4. The molecular weight excluding hydrogens is 315 g/mol. The Balaban J connectivity index is 1.58. The summed E-state index contributed by atoms with van der Waals surface area (Å²) in [7, 11) is 0. The first-order chi connectivity index (χ1) is 11.1. The molecule has 4 nitrogen and oxygen atoms in total. The van der Waals surface area contributed by atoms with Gasteiger partial charge in [0.2, 0.25) is 5.91 Å². The van der Waals surface area contributed by atoms with Gasteiger partial charge in [-0.1, -0.05) is 35.8 Å². The second-order valence-corrected chi connectivity index (χ2v) is 6.19. The Morgan fingerprint density at radius 3 is 2.65 bits per heavy atom. The van der Waals surface area contributed by atoms with Gasteiger partial charge >= 0.3 is 0 Å². The first-order valence-corrected chi connectivity index (χ1v) is 8.06. The third-order valence-corrected chi connectivity index (χ3v) is 4.59. The molecule has 23 heavy (non-hydrogen) atoms. The lowest BCUT2D eigenvalue weighted by molar-refractivity contribution is -0.116. The van der Waals surface area contributed by atoms with Crippen molar-refractivity contribution < 1.29 is 9.18 Å². The van der Waals surface area contributed by atoms with Crippen molar-refractivity contribution in [2.24, 2.45) is 0 Å². The molecule has 0 bridgehead atoms. The number of halogens is 1. The molecule has 0 saturated carbocycles. The summed E-state index contributed by atoms with van der Waals surface area (Å²) in [5.41, 5.74) is 0.150. The Bertz CT molecular complexity index is 901. The molecule has 118 valence electrons. The molecule has 3 rings (SSSR count). The van der Waals surface area contributed by atoms with Gasteiger partial charge < -0.3 is 5.32 Å². The van der Waals surface area contributed by atoms with E-state index in [0.717, 1.165) is 4.70 Å². The number of aryl methyl sites for hydroxylation is 1. The van der Waals surface area contributed by atoms with Crippen molar-refractivity contribution in [2.45, 2.75) is 19.4 Å². The molecule has 3 aromatic rings. The second-order valence-electron chi connectivity index (χ2n) is 5.13. The van der Waals surface area contributed by atoms with Crippen LogP contribution < -0.4 is 10.9 Å². The van der Waals surface area contributed by atoms with Crippen LogP contribution in [0, 0.1) is 5.82 Å². The highest BCUT2D eigenvalue weighted by atomic mass is 32.1. The molecule has 0 fully saturated rings. The number of hydrogen-bond donors (Lipinski definition) is 1. The van der Waals surface area contributed by atoms with Crippen molar-refractivity contribution in [3.63, 3.8) is 0 Å². The van der Waals surface area contributed by atoms with Crippen LogP contribution in [0.1, 0.15) is 12.8 Å². The second kappa shape index (κ2) is 6.75. The Hall–Kier alpha value is -2.47. The summed E-state index contributed by atoms with van der Waals surface area (Å²) in [6.45, 7) is 0.475. The Kier molecular flexibility index (Phi) is 4.52. The van der Waals surface area contributed by atoms with E-state index in [0.29, 0.717) is 18.4 Å². The number of nitrogens with zero attached hydrogens (tertiary/aromatic N) is 1. The number of aromatic nitrogens is 1. The minimum absolute atomic E-state index is 0.0277. The fourth-order valence-corrected chi connectivity index (χ4v) is 3.36. The molecule has 0 spiro atoms. The number of anilines is 1. The highest BCUT2D eigenvalue weighted by Crippen LogP contribution is 2.17. The molecule has 0 radical (unpaired) electrons. The summed E-state index contributed by atoms with van der Waals surface area (Å²) in [5.74, 6) is -0.717. The topological polar surface area (TPSA) is 51.1 Å². The van der Waals surface area contributed by atoms with E-state index < -0.39 is 5.82 Å². The van der Waals surface area contributed by atoms with E-state index in [2.05, 4.69) is 5.32 Å². The maximum atomic E-state index is 13.4. The summed E-state index contributed by atoms with van der Waals surface area (Å²) in [6.07, 6.45) is 0.752. The summed E-state index contributed by atoms with van der Waals surface area (Å²) in [4.78, 5) is 24.0. The third-order valence-electron chi connectivity index (χ3n) is 3.47. The largest absolute Gasteiger partial charge is 0.324 e. The van der Waals surface area contributed by atoms with Crippen LogP contribution in [0.4, 0.5) is 10.1 Å². The summed E-state index contributed by atoms with van der Waals surface area (Å²) < 4.78 is 16.0. The van der Waals surface area contributed by atoms with Gasteiger partial charge in [0.25, 0.3) is 5.56 Å². The highest BCUT2D eigenvalue weighted by molar-refractivity contribution is 7.13. The molecule has 1 amide bonds. The number of para-hydroxylation sites is 1. The van der Waals surface area contributed by atoms with Crippen LogP contribution in [0.2, 0.25) is 0 Å². The van der Waals surface area contributed by atoms with Gasteiger partial charge in [-0.25, -0.2) is 4.39 Å². The van der Waals surface area contributed by atoms with Crippen molar-refractivity contribution in [3.8, 4) is 0 Å². The maximum absolute atomic E-state index is 13.4. The van der Waals surface area contributed by atoms with Crippen LogP contribution in [0.15, 0.2) is 53.3 Å². The summed E-state index contributed by atoms with van der Waals surface area (Å²) in [5, 5.41) is 3.24. The van der Waals surface area contributed by atoms with Crippen molar-refractivity contribution in [1.29, 1.82) is 0 Å². The number of benzene rings is 2. The van der Waals surface area contributed by atoms with Crippen LogP contribution in [0.3, 0.4) is 0 Å². The van der Waals surface area contributed by atoms with Crippen molar-refractivity contribution in [1.82, 2.24) is 3.96 Å². The molecule has 0 unspecified atom stereocenters. The van der Waals surface area contributed by atoms with E-state index in [9.17, 15) is 14.0 Å². The minimum atomic E-state index is -0.457. The molecule has 1 N–H and O–H groups in total. The maximum Gasteiger partial charge on any atom is 0.268 e. The van der Waals surface area contributed by atoms with E-state index in [1.807, 2.05) is 18.2 Å². The number of nitrogens with one attached hydrogen (secondary N) is 1. The molecule has 6 heteroatoms. The van der Waals surface area contributed by atoms with E-state index in [1.54, 1.807) is 22.2 Å². The predicted molar refractivity (Wildman–Crippen MR) is 90.3 cm³/mol. The van der Waals surface area contributed by atoms with Gasteiger partial charge in [0.15, 0.2) is 0 Å². The number of fused-ring (bicyclic) bond motifs is 1. The van der Waals surface area contributed by atoms with Gasteiger partial charge in [-0.3, -0.25) is 13.5 Å². The molecule has 0 atom stereocenters. The molecule has 0 aliphatic carbocycles. The van der Waals surface area contributed by atoms with E-state index in [-0.39, 0.29) is 23.6 Å². The Morgan fingerprint density at radius 2 is 1.87 bits per heavy atom. The van der Waals surface area contributed by atoms with E-state index in [1.165, 1.54) is 23.7 Å². The lowest BCUT2D eigenvalue weighted by atomic mass is 10.2. The fourth-order valence-electron chi connectivity index (χ4n) is 2.32. The molecule has 1 heterocycles. The summed E-state index contributed by atoms with van der Waals surface area (Å²) in [6, 6.07) is 13.5. The third kappa shape index (κ3) is 3.48. The van der Waals surface area contributed by atoms with E-state index >= 15 is 0 Å². The molecule has 2 aromatic carbocycles. The monoisotopic (exact) mass is 330 g/mol. The lowest BCUT2D eigenvalue weighted by Gasteiger charge is -2.06. The number of hydrogen-bond acceptors (Lipinski definition) is 3. The zero-order valence-corrected chi connectivity index (χ0v) is 13.1. The average Bonchev–Trinajstić information content (AvgIpc) is 2.86. The quantitative estimate of drug-likeness (QED) is 0.777. The normalized spacial score (nSPS) is 10.8. The van der Waals surface area contributed by atoms with Crippen LogP contribution in [-0.4, -0.2) is 9.86 Å². The molecule has 0 saturated heterocycles. The number of amides is 1. The standard InChI is InChI=1S/C17H15FN2O2S/c18-13-7-2-3-8-14(13)19-16(21)10-5-11-20-17(22)12-6-1-4-9-15(12)23-20/h1-4,6-9H,5,10-11H2,(H,19,21). The number of carbonyl (C=O) groups is 1. The van der Waals surface area contributed by atoms with Gasteiger partial charge in [0, 0.05) is 13.0 Å². The zero-order valence-electron chi connectivity index (χ0n) is 12.3. The lowest BCUT2D eigenvalue weighted by Crippen LogP contribution is -2.16. The predicted octanol–water partition coefficient (Wildman–Crippen LogP) is 3.62. The minimum Gasteiger partial charge on any atom is -0.324 e. The van der Waals surface area contributed by atoms with Gasteiger partial charge in [-0.2, -0.15) is 0 Å². The molecule has 0 aliphatic heterocycles. The molecular formula is C17H15FN2O2S. The van der Waals surface area contributed by atoms with Crippen LogP contribution in [-0.2, 0) is 11.3 Å². The fraction of sp³-hybridized carbons (Fsp3) is 0.176. The van der Waals surface area contributed by atoms with Crippen LogP contribution in [0.5, 0.6) is 0 Å². The van der Waals surface area contributed by atoms with Crippen LogP contribution >= 0.6 is 11.5 Å². The van der Waals surface area contributed by atoms with E-state index in [4.69, 9.17) is 0 Å². The molecule has 0 aliphatic rings. The Labute approximate surface area is 136 Å². The van der Waals surface area contributed by atoms with Crippen molar-refractivity contribution >= 4 is 33.2 Å². The van der Waals surface area contributed by atoms with Gasteiger partial charge in [-0.05, 0) is 30.7 Å². The van der Waals surface area contributed by atoms with Gasteiger partial charge in [0.05, 0.1) is 15.8 Å². The Morgan fingerprint density at radius 1 is 1.13 bits per heavy atom. The first-order valence-electron chi connectivity index (χ1n) is 7.28. The number of carbonyl (C=O) groups excluding carboxylic acids is 1. The smallest absolute Gasteiger partial charge is 0.268 e. The van der Waals surface area contributed by atoms with Gasteiger partial charge in [-0.15, -0.1) is 0 Å². The zero-order chi connectivity index (χ0) is 16.2. The SMILES string of the molecule is O=C(CCCn1sc2ccccc2c1=O)Nc1ccccc1F. The average molecular weight is 330 g/mol. The summed E-state index contributed by atoms with van der Waals surface area (Å²) >= 11 is 1.39. The number of rotatable bonds is 5.